The standard InChI is InChI=1S/C8H19N3O.2ClH/c1-4-9-8(12)10-6-5-7-11(2)3;;/h4-7H2,1-3H3,(H2,9,10,12);2*1H. The lowest BCUT2D eigenvalue weighted by molar-refractivity contribution is 0.240. The molecule has 0 fully saturated rings. The summed E-state index contributed by atoms with van der Waals surface area (Å²) in [5.41, 5.74) is 0. The molecule has 4 nitrogen and oxygen atoms in total. The van der Waals surface area contributed by atoms with Crippen LogP contribution in [0.2, 0.25) is 0 Å². The van der Waals surface area contributed by atoms with Gasteiger partial charge in [0.2, 0.25) is 0 Å². The minimum Gasteiger partial charge on any atom is -0.338 e. The highest BCUT2D eigenvalue weighted by Crippen LogP contribution is 1.80. The third kappa shape index (κ3) is 14.3. The molecule has 2 amide bonds. The van der Waals surface area contributed by atoms with E-state index in [0.29, 0.717) is 6.54 Å². The average molecular weight is 246 g/mol. The summed E-state index contributed by atoms with van der Waals surface area (Å²) in [7, 11) is 4.04. The second-order valence-corrected chi connectivity index (χ2v) is 2.94. The van der Waals surface area contributed by atoms with Gasteiger partial charge in [-0.2, -0.15) is 0 Å². The number of carbonyl (C=O) groups is 1. The van der Waals surface area contributed by atoms with E-state index in [2.05, 4.69) is 15.5 Å². The monoisotopic (exact) mass is 245 g/mol. The lowest BCUT2D eigenvalue weighted by Crippen LogP contribution is -2.36. The molecular formula is C8H21Cl2N3O. The number of urea groups is 1. The molecule has 0 bridgehead atoms. The molecule has 0 saturated heterocycles. The number of nitrogens with zero attached hydrogens (tertiary/aromatic N) is 1. The quantitative estimate of drug-likeness (QED) is 0.713. The van der Waals surface area contributed by atoms with Crippen LogP contribution in [0.25, 0.3) is 0 Å². The highest BCUT2D eigenvalue weighted by atomic mass is 35.5. The Balaban J connectivity index is -0.000000605. The van der Waals surface area contributed by atoms with Gasteiger partial charge >= 0.3 is 6.03 Å². The Kier molecular flexibility index (Phi) is 17.7. The third-order valence-electron chi connectivity index (χ3n) is 1.40. The molecule has 0 saturated carbocycles. The molecule has 0 radical (unpaired) electrons. The molecule has 0 aliphatic rings. The van der Waals surface area contributed by atoms with Crippen LogP contribution in [0, 0.1) is 0 Å². The van der Waals surface area contributed by atoms with E-state index in [4.69, 9.17) is 0 Å². The maximum absolute atomic E-state index is 10.9. The Hall–Kier alpha value is -0.190. The largest absolute Gasteiger partial charge is 0.338 e. The molecule has 0 aromatic carbocycles. The molecule has 0 aromatic heterocycles. The first-order valence-corrected chi connectivity index (χ1v) is 4.33. The van der Waals surface area contributed by atoms with E-state index in [-0.39, 0.29) is 30.8 Å². The van der Waals surface area contributed by atoms with Crippen LogP contribution in [0.5, 0.6) is 0 Å². The second-order valence-electron chi connectivity index (χ2n) is 2.94. The highest BCUT2D eigenvalue weighted by Gasteiger charge is 1.95. The van der Waals surface area contributed by atoms with Crippen LogP contribution in [0.1, 0.15) is 13.3 Å². The Morgan fingerprint density at radius 3 is 2.21 bits per heavy atom. The Morgan fingerprint density at radius 1 is 1.21 bits per heavy atom. The molecule has 0 aliphatic carbocycles. The molecule has 14 heavy (non-hydrogen) atoms. The molecule has 6 heteroatoms. The number of amides is 2. The number of rotatable bonds is 5. The summed E-state index contributed by atoms with van der Waals surface area (Å²) in [6.45, 7) is 4.33. The number of hydrogen-bond donors (Lipinski definition) is 2. The normalized spacial score (nSPS) is 8.57. The van der Waals surface area contributed by atoms with Gasteiger partial charge in [-0.1, -0.05) is 0 Å². The van der Waals surface area contributed by atoms with Crippen molar-refractivity contribution in [1.29, 1.82) is 0 Å². The summed E-state index contributed by atoms with van der Waals surface area (Å²) in [6, 6.07) is -0.0729. The van der Waals surface area contributed by atoms with Crippen LogP contribution in [-0.4, -0.2) is 44.7 Å². The smallest absolute Gasteiger partial charge is 0.314 e. The molecule has 0 aromatic rings. The Labute approximate surface area is 98.6 Å². The van der Waals surface area contributed by atoms with Gasteiger partial charge in [0.05, 0.1) is 0 Å². The number of nitrogens with one attached hydrogen (secondary N) is 2. The maximum atomic E-state index is 10.9. The number of carbonyl (C=O) groups excluding carboxylic acids is 1. The van der Waals surface area contributed by atoms with Crippen molar-refractivity contribution >= 4 is 30.8 Å². The number of hydrogen-bond acceptors (Lipinski definition) is 2. The van der Waals surface area contributed by atoms with Crippen LogP contribution in [0.3, 0.4) is 0 Å². The van der Waals surface area contributed by atoms with E-state index < -0.39 is 0 Å². The van der Waals surface area contributed by atoms with Crippen molar-refractivity contribution in [3.8, 4) is 0 Å². The average Bonchev–Trinajstić information content (AvgIpc) is 1.98. The van der Waals surface area contributed by atoms with Gasteiger partial charge in [-0.15, -0.1) is 24.8 Å². The maximum Gasteiger partial charge on any atom is 0.314 e. The molecule has 0 unspecified atom stereocenters. The molecular weight excluding hydrogens is 225 g/mol. The Bertz CT molecular complexity index is 134. The minimum atomic E-state index is -0.0729. The summed E-state index contributed by atoms with van der Waals surface area (Å²) in [5.74, 6) is 0. The lowest BCUT2D eigenvalue weighted by Gasteiger charge is -2.09. The predicted octanol–water partition coefficient (Wildman–Crippen LogP) is 1.10. The molecule has 0 heterocycles. The van der Waals surface area contributed by atoms with Gasteiger partial charge in [0.1, 0.15) is 0 Å². The van der Waals surface area contributed by atoms with Crippen molar-refractivity contribution < 1.29 is 4.79 Å². The zero-order valence-corrected chi connectivity index (χ0v) is 10.6. The summed E-state index contributed by atoms with van der Waals surface area (Å²) in [6.07, 6.45) is 0.990. The van der Waals surface area contributed by atoms with E-state index >= 15 is 0 Å². The number of halogens is 2. The molecule has 88 valence electrons. The Morgan fingerprint density at radius 2 is 1.79 bits per heavy atom. The first-order chi connectivity index (χ1) is 5.66. The molecule has 0 aliphatic heterocycles. The van der Waals surface area contributed by atoms with E-state index in [1.54, 1.807) is 0 Å². The highest BCUT2D eigenvalue weighted by molar-refractivity contribution is 5.85. The van der Waals surface area contributed by atoms with Crippen molar-refractivity contribution in [3.05, 3.63) is 0 Å². The van der Waals surface area contributed by atoms with Gasteiger partial charge in [-0.05, 0) is 34.0 Å². The van der Waals surface area contributed by atoms with Crippen molar-refractivity contribution in [3.63, 3.8) is 0 Å². The van der Waals surface area contributed by atoms with Gasteiger partial charge < -0.3 is 15.5 Å². The molecule has 0 spiro atoms. The molecule has 0 atom stereocenters. The predicted molar refractivity (Wildman–Crippen MR) is 64.7 cm³/mol. The fourth-order valence-electron chi connectivity index (χ4n) is 0.820. The van der Waals surface area contributed by atoms with Gasteiger partial charge in [0.25, 0.3) is 0 Å². The minimum absolute atomic E-state index is 0. The SMILES string of the molecule is CCNC(=O)NCCCN(C)C.Cl.Cl. The van der Waals surface area contributed by atoms with Crippen LogP contribution in [0.4, 0.5) is 4.79 Å². The van der Waals surface area contributed by atoms with Gasteiger partial charge in [-0.3, -0.25) is 0 Å². The fourth-order valence-corrected chi connectivity index (χ4v) is 0.820. The van der Waals surface area contributed by atoms with Gasteiger partial charge in [0, 0.05) is 13.1 Å². The van der Waals surface area contributed by atoms with Crippen molar-refractivity contribution in [1.82, 2.24) is 15.5 Å². The zero-order chi connectivity index (χ0) is 9.40. The zero-order valence-electron chi connectivity index (χ0n) is 9.00. The van der Waals surface area contributed by atoms with Crippen molar-refractivity contribution in [2.24, 2.45) is 0 Å². The van der Waals surface area contributed by atoms with Gasteiger partial charge in [-0.25, -0.2) is 4.79 Å². The summed E-state index contributed by atoms with van der Waals surface area (Å²) < 4.78 is 0. The van der Waals surface area contributed by atoms with Gasteiger partial charge in [0.15, 0.2) is 0 Å². The topological polar surface area (TPSA) is 44.4 Å². The molecule has 0 rings (SSSR count). The second kappa shape index (κ2) is 12.8. The van der Waals surface area contributed by atoms with E-state index in [0.717, 1.165) is 19.5 Å². The lowest BCUT2D eigenvalue weighted by atomic mass is 10.4. The van der Waals surface area contributed by atoms with Crippen molar-refractivity contribution in [2.75, 3.05) is 33.7 Å². The summed E-state index contributed by atoms with van der Waals surface area (Å²) in [5, 5.41) is 5.43. The van der Waals surface area contributed by atoms with E-state index in [1.165, 1.54) is 0 Å². The molecule has 2 N–H and O–H groups in total. The fraction of sp³-hybridized carbons (Fsp3) is 0.875. The van der Waals surface area contributed by atoms with E-state index in [1.807, 2.05) is 21.0 Å². The van der Waals surface area contributed by atoms with Crippen LogP contribution in [-0.2, 0) is 0 Å². The first kappa shape index (κ1) is 19.4. The summed E-state index contributed by atoms with van der Waals surface area (Å²) >= 11 is 0. The van der Waals surface area contributed by atoms with Crippen molar-refractivity contribution in [2.45, 2.75) is 13.3 Å². The first-order valence-electron chi connectivity index (χ1n) is 4.33. The van der Waals surface area contributed by atoms with Crippen LogP contribution < -0.4 is 10.6 Å². The van der Waals surface area contributed by atoms with Crippen LogP contribution >= 0.6 is 24.8 Å². The van der Waals surface area contributed by atoms with E-state index in [9.17, 15) is 4.79 Å². The third-order valence-corrected chi connectivity index (χ3v) is 1.40. The summed E-state index contributed by atoms with van der Waals surface area (Å²) in [4.78, 5) is 12.9. The van der Waals surface area contributed by atoms with Crippen LogP contribution in [0.15, 0.2) is 0 Å².